The van der Waals surface area contributed by atoms with Gasteiger partial charge in [-0.2, -0.15) is 5.26 Å². The molecular formula is C22H22N4O. The van der Waals surface area contributed by atoms with Crippen LogP contribution in [0.5, 0.6) is 0 Å². The number of nitrogens with zero attached hydrogens (tertiary/aromatic N) is 2. The maximum absolute atomic E-state index is 13.1. The fourth-order valence-corrected chi connectivity index (χ4v) is 4.09. The lowest BCUT2D eigenvalue weighted by Crippen LogP contribution is -2.41. The molecule has 2 N–H and O–H groups in total. The van der Waals surface area contributed by atoms with Gasteiger partial charge in [0.15, 0.2) is 0 Å². The second-order valence-corrected chi connectivity index (χ2v) is 7.82. The molecule has 0 radical (unpaired) electrons. The van der Waals surface area contributed by atoms with Crippen molar-refractivity contribution in [1.82, 2.24) is 15.5 Å². The standard InChI is InChI=1S/C22H22N4O/c23-13-14-4-6-17(7-5-14)21-24-20(18-3-1-2-12-26(18)21)22(27)25-19(15-8-9-15)16-10-11-16/h1-7,12,15-16,19,21,24H,8-11H2,(H,25,27). The average Bonchev–Trinajstić information content (AvgIpc) is 3.63. The van der Waals surface area contributed by atoms with Crippen LogP contribution < -0.4 is 10.6 Å². The van der Waals surface area contributed by atoms with Gasteiger partial charge in [0.25, 0.3) is 5.91 Å². The van der Waals surface area contributed by atoms with Crippen LogP contribution in [-0.2, 0) is 4.79 Å². The van der Waals surface area contributed by atoms with Crippen LogP contribution in [0.1, 0.15) is 43.0 Å². The van der Waals surface area contributed by atoms with Crippen LogP contribution in [0.25, 0.3) is 0 Å². The Morgan fingerprint density at radius 2 is 1.85 bits per heavy atom. The molecule has 4 aliphatic rings. The van der Waals surface area contributed by atoms with Crippen LogP contribution in [0.15, 0.2) is 60.1 Å². The van der Waals surface area contributed by atoms with E-state index in [1.54, 1.807) is 0 Å². The monoisotopic (exact) mass is 358 g/mol. The van der Waals surface area contributed by atoms with Crippen molar-refractivity contribution >= 4 is 5.91 Å². The number of allylic oxidation sites excluding steroid dienone is 3. The van der Waals surface area contributed by atoms with Gasteiger partial charge in [0.2, 0.25) is 0 Å². The highest BCUT2D eigenvalue weighted by Gasteiger charge is 2.43. The minimum Gasteiger partial charge on any atom is -0.355 e. The van der Waals surface area contributed by atoms with Crippen LogP contribution in [0.3, 0.4) is 0 Å². The Morgan fingerprint density at radius 1 is 1.15 bits per heavy atom. The van der Waals surface area contributed by atoms with Crippen molar-refractivity contribution in [3.05, 3.63) is 71.2 Å². The molecule has 2 saturated carbocycles. The van der Waals surface area contributed by atoms with Gasteiger partial charge in [-0.15, -0.1) is 0 Å². The number of benzene rings is 1. The summed E-state index contributed by atoms with van der Waals surface area (Å²) in [6.45, 7) is 0. The number of nitrogens with one attached hydrogen (secondary N) is 2. The quantitative estimate of drug-likeness (QED) is 0.849. The molecule has 2 aliphatic carbocycles. The van der Waals surface area contributed by atoms with Crippen LogP contribution >= 0.6 is 0 Å². The SMILES string of the molecule is N#Cc1ccc(C2NC(C(=O)NC(C3CC3)C3CC3)=C3C=CC=CN32)cc1. The summed E-state index contributed by atoms with van der Waals surface area (Å²) >= 11 is 0. The van der Waals surface area contributed by atoms with E-state index in [-0.39, 0.29) is 12.1 Å². The molecule has 0 spiro atoms. The van der Waals surface area contributed by atoms with E-state index in [1.807, 2.05) is 48.7 Å². The van der Waals surface area contributed by atoms with Gasteiger partial charge >= 0.3 is 0 Å². The molecule has 2 heterocycles. The van der Waals surface area contributed by atoms with Crippen LogP contribution in [0, 0.1) is 23.2 Å². The highest BCUT2D eigenvalue weighted by molar-refractivity contribution is 5.95. The highest BCUT2D eigenvalue weighted by Crippen LogP contribution is 2.45. The van der Waals surface area contributed by atoms with Gasteiger partial charge in [-0.3, -0.25) is 4.79 Å². The van der Waals surface area contributed by atoms with Crippen molar-refractivity contribution in [3.8, 4) is 6.07 Å². The zero-order valence-electron chi connectivity index (χ0n) is 15.1. The second-order valence-electron chi connectivity index (χ2n) is 7.82. The minimum atomic E-state index is -0.144. The van der Waals surface area contributed by atoms with E-state index in [4.69, 9.17) is 5.26 Å². The Labute approximate surface area is 159 Å². The topological polar surface area (TPSA) is 68.2 Å². The van der Waals surface area contributed by atoms with E-state index < -0.39 is 0 Å². The molecule has 1 atom stereocenters. The van der Waals surface area contributed by atoms with Crippen molar-refractivity contribution in [3.63, 3.8) is 0 Å². The summed E-state index contributed by atoms with van der Waals surface area (Å²) in [5.41, 5.74) is 3.19. The van der Waals surface area contributed by atoms with Gasteiger partial charge in [-0.05, 0) is 67.4 Å². The van der Waals surface area contributed by atoms with Gasteiger partial charge < -0.3 is 15.5 Å². The normalized spacial score (nSPS) is 23.3. The summed E-state index contributed by atoms with van der Waals surface area (Å²) < 4.78 is 0. The molecule has 0 saturated heterocycles. The number of carbonyl (C=O) groups is 1. The molecule has 1 amide bonds. The number of hydrogen-bond acceptors (Lipinski definition) is 4. The van der Waals surface area contributed by atoms with Gasteiger partial charge in [0.1, 0.15) is 11.9 Å². The molecule has 0 aromatic heterocycles. The van der Waals surface area contributed by atoms with Crippen molar-refractivity contribution in [2.45, 2.75) is 37.9 Å². The molecule has 5 rings (SSSR count). The number of hydrogen-bond donors (Lipinski definition) is 2. The van der Waals surface area contributed by atoms with Gasteiger partial charge in [-0.1, -0.05) is 18.2 Å². The van der Waals surface area contributed by atoms with Crippen LogP contribution in [0.2, 0.25) is 0 Å². The fourth-order valence-electron chi connectivity index (χ4n) is 4.09. The summed E-state index contributed by atoms with van der Waals surface area (Å²) in [5.74, 6) is 1.33. The molecular weight excluding hydrogens is 336 g/mol. The summed E-state index contributed by atoms with van der Waals surface area (Å²) in [5, 5.41) is 15.8. The third kappa shape index (κ3) is 3.02. The number of nitriles is 1. The molecule has 5 heteroatoms. The number of carbonyl (C=O) groups excluding carboxylic acids is 1. The summed E-state index contributed by atoms with van der Waals surface area (Å²) in [6.07, 6.45) is 12.7. The Balaban J connectivity index is 1.39. The Kier molecular flexibility index (Phi) is 3.78. The van der Waals surface area contributed by atoms with Crippen molar-refractivity contribution in [1.29, 1.82) is 5.26 Å². The molecule has 1 aromatic carbocycles. The van der Waals surface area contributed by atoms with Gasteiger partial charge in [-0.25, -0.2) is 0 Å². The summed E-state index contributed by atoms with van der Waals surface area (Å²) in [7, 11) is 0. The van der Waals surface area contributed by atoms with Gasteiger partial charge in [0, 0.05) is 12.2 Å². The molecule has 5 nitrogen and oxygen atoms in total. The zero-order chi connectivity index (χ0) is 18.4. The molecule has 2 fully saturated rings. The lowest BCUT2D eigenvalue weighted by atomic mass is 10.1. The predicted octanol–water partition coefficient (Wildman–Crippen LogP) is 3.06. The average molecular weight is 358 g/mol. The smallest absolute Gasteiger partial charge is 0.269 e. The highest BCUT2D eigenvalue weighted by atomic mass is 16.2. The first-order chi connectivity index (χ1) is 13.2. The molecule has 2 aliphatic heterocycles. The van der Waals surface area contributed by atoms with E-state index in [2.05, 4.69) is 21.6 Å². The van der Waals surface area contributed by atoms with E-state index in [0.29, 0.717) is 29.1 Å². The molecule has 136 valence electrons. The number of rotatable bonds is 5. The lowest BCUT2D eigenvalue weighted by molar-refractivity contribution is -0.118. The first-order valence-electron chi connectivity index (χ1n) is 9.69. The third-order valence-electron chi connectivity index (χ3n) is 5.85. The Morgan fingerprint density at radius 3 is 2.48 bits per heavy atom. The van der Waals surface area contributed by atoms with E-state index in [1.165, 1.54) is 25.7 Å². The van der Waals surface area contributed by atoms with Crippen LogP contribution in [0.4, 0.5) is 0 Å². The maximum atomic E-state index is 13.1. The largest absolute Gasteiger partial charge is 0.355 e. The molecule has 1 unspecified atom stereocenters. The first kappa shape index (κ1) is 16.2. The van der Waals surface area contributed by atoms with E-state index in [9.17, 15) is 4.79 Å². The number of fused-ring (bicyclic) bond motifs is 1. The third-order valence-corrected chi connectivity index (χ3v) is 5.85. The lowest BCUT2D eigenvalue weighted by Gasteiger charge is -2.26. The Hall–Kier alpha value is -3.00. The molecule has 0 bridgehead atoms. The van der Waals surface area contributed by atoms with E-state index >= 15 is 0 Å². The minimum absolute atomic E-state index is 0.00473. The fraction of sp³-hybridized carbons (Fsp3) is 0.364. The number of amides is 1. The van der Waals surface area contributed by atoms with Crippen LogP contribution in [-0.4, -0.2) is 16.8 Å². The maximum Gasteiger partial charge on any atom is 0.269 e. The van der Waals surface area contributed by atoms with Gasteiger partial charge in [0.05, 0.1) is 17.3 Å². The van der Waals surface area contributed by atoms with E-state index in [0.717, 1.165) is 11.3 Å². The molecule has 1 aromatic rings. The second kappa shape index (κ2) is 6.31. The zero-order valence-corrected chi connectivity index (χ0v) is 15.1. The van der Waals surface area contributed by atoms with Crippen molar-refractivity contribution in [2.24, 2.45) is 11.8 Å². The first-order valence-corrected chi connectivity index (χ1v) is 9.69. The molecule has 27 heavy (non-hydrogen) atoms. The van der Waals surface area contributed by atoms with Crippen molar-refractivity contribution in [2.75, 3.05) is 0 Å². The summed E-state index contributed by atoms with van der Waals surface area (Å²) in [4.78, 5) is 15.2. The Bertz CT molecular complexity index is 885. The summed E-state index contributed by atoms with van der Waals surface area (Å²) in [6, 6.07) is 9.99. The van der Waals surface area contributed by atoms with Crippen molar-refractivity contribution < 1.29 is 4.79 Å². The predicted molar refractivity (Wildman–Crippen MR) is 102 cm³/mol.